The number of nitrogens with one attached hydrogen (secondary N) is 1. The summed E-state index contributed by atoms with van der Waals surface area (Å²) in [6.07, 6.45) is 3.49. The Kier molecular flexibility index (Phi) is 6.29. The lowest BCUT2D eigenvalue weighted by atomic mass is 10.1. The summed E-state index contributed by atoms with van der Waals surface area (Å²) in [5.41, 5.74) is 3.50. The highest BCUT2D eigenvalue weighted by Crippen LogP contribution is 2.44. The number of anilines is 1. The third kappa shape index (κ3) is 5.02. The van der Waals surface area contributed by atoms with Gasteiger partial charge >= 0.3 is 0 Å². The van der Waals surface area contributed by atoms with E-state index in [1.807, 2.05) is 18.2 Å². The summed E-state index contributed by atoms with van der Waals surface area (Å²) in [6, 6.07) is 16.6. The number of amides is 1. The number of benzene rings is 2. The van der Waals surface area contributed by atoms with Crippen molar-refractivity contribution in [1.29, 1.82) is 0 Å². The molecule has 2 aliphatic rings. The largest absolute Gasteiger partial charge is 0.353 e. The number of hydrogen-bond donors (Lipinski definition) is 1. The molecule has 1 aromatic heterocycles. The van der Waals surface area contributed by atoms with Gasteiger partial charge in [-0.05, 0) is 42.2 Å². The number of nitrogens with zero attached hydrogens (tertiary/aromatic N) is 3. The van der Waals surface area contributed by atoms with E-state index in [9.17, 15) is 4.79 Å². The highest BCUT2D eigenvalue weighted by Gasteiger charge is 2.43. The van der Waals surface area contributed by atoms with Crippen LogP contribution < -0.4 is 10.2 Å². The first kappa shape index (κ1) is 21.9. The van der Waals surface area contributed by atoms with E-state index < -0.39 is 0 Å². The molecular formula is C27H30N4OS. The fourth-order valence-corrected chi connectivity index (χ4v) is 5.49. The molecule has 1 N–H and O–H groups in total. The molecule has 170 valence electrons. The molecule has 2 atom stereocenters. The van der Waals surface area contributed by atoms with Crippen LogP contribution in [0.4, 0.5) is 5.82 Å². The Morgan fingerprint density at radius 1 is 1.15 bits per heavy atom. The van der Waals surface area contributed by atoms with Crippen LogP contribution >= 0.6 is 11.5 Å². The summed E-state index contributed by atoms with van der Waals surface area (Å²) in [7, 11) is 0. The lowest BCUT2D eigenvalue weighted by molar-refractivity contribution is -0.116. The van der Waals surface area contributed by atoms with Crippen LogP contribution in [0.1, 0.15) is 11.1 Å². The molecule has 0 radical (unpaired) electrons. The first-order valence-electron chi connectivity index (χ1n) is 11.6. The van der Waals surface area contributed by atoms with Crippen LogP contribution in [0.3, 0.4) is 0 Å². The van der Waals surface area contributed by atoms with E-state index in [0.717, 1.165) is 44.1 Å². The number of aromatic nitrogens is 1. The van der Waals surface area contributed by atoms with E-state index >= 15 is 0 Å². The van der Waals surface area contributed by atoms with Gasteiger partial charge in [-0.25, -0.2) is 0 Å². The van der Waals surface area contributed by atoms with Crippen LogP contribution in [0, 0.1) is 18.8 Å². The van der Waals surface area contributed by atoms with Gasteiger partial charge in [0, 0.05) is 62.6 Å². The van der Waals surface area contributed by atoms with E-state index in [1.165, 1.54) is 21.2 Å². The van der Waals surface area contributed by atoms with Gasteiger partial charge in [-0.3, -0.25) is 9.69 Å². The zero-order chi connectivity index (χ0) is 22.8. The van der Waals surface area contributed by atoms with Crippen molar-refractivity contribution in [3.8, 4) is 0 Å². The maximum atomic E-state index is 12.2. The Morgan fingerprint density at radius 2 is 1.97 bits per heavy atom. The number of carbonyl (C=O) groups is 1. The maximum Gasteiger partial charge on any atom is 0.244 e. The Hall–Kier alpha value is -2.96. The molecule has 0 bridgehead atoms. The summed E-state index contributed by atoms with van der Waals surface area (Å²) in [6.45, 7) is 12.1. The van der Waals surface area contributed by atoms with Gasteiger partial charge in [-0.1, -0.05) is 54.1 Å². The van der Waals surface area contributed by atoms with Crippen molar-refractivity contribution in [3.05, 3.63) is 77.9 Å². The van der Waals surface area contributed by atoms with Crippen LogP contribution in [0.2, 0.25) is 0 Å². The van der Waals surface area contributed by atoms with Crippen LogP contribution in [0.15, 0.2) is 66.8 Å². The monoisotopic (exact) mass is 458 g/mol. The van der Waals surface area contributed by atoms with Crippen molar-refractivity contribution in [2.75, 3.05) is 44.2 Å². The van der Waals surface area contributed by atoms with Crippen LogP contribution in [0.5, 0.6) is 0 Å². The minimum atomic E-state index is -0.0425. The molecular weight excluding hydrogens is 428 g/mol. The molecule has 2 heterocycles. The average molecular weight is 459 g/mol. The molecule has 3 aromatic rings. The molecule has 2 fully saturated rings. The van der Waals surface area contributed by atoms with Gasteiger partial charge in [-0.15, -0.1) is 0 Å². The Bertz CT molecular complexity index is 1190. The number of carbonyl (C=O) groups excluding carboxylic acids is 1. The average Bonchev–Trinajstić information content (AvgIpc) is 3.23. The number of aryl methyl sites for hydroxylation is 1. The van der Waals surface area contributed by atoms with E-state index in [1.54, 1.807) is 17.6 Å². The summed E-state index contributed by atoms with van der Waals surface area (Å²) >= 11 is 1.58. The predicted molar refractivity (Wildman–Crippen MR) is 138 cm³/mol. The lowest BCUT2D eigenvalue weighted by Crippen LogP contribution is -2.47. The standard InChI is InChI=1S/C27H30N4OS/c1-19-6-5-7-21(16-19)10-11-26(32)28-17-23-20(2)24(23)18-30-12-14-31(15-13-30)27-22-8-3-4-9-25(22)33-29-27/h3-11,16,23-24H,2,12-15,17-18H2,1H3,(H,28,32)/b11-10+/t23-,24-/m0/s1. The fourth-order valence-electron chi connectivity index (χ4n) is 4.70. The van der Waals surface area contributed by atoms with Crippen molar-refractivity contribution < 1.29 is 4.79 Å². The third-order valence-electron chi connectivity index (χ3n) is 6.78. The number of rotatable bonds is 7. The lowest BCUT2D eigenvalue weighted by Gasteiger charge is -2.35. The van der Waals surface area contributed by atoms with Gasteiger partial charge in [-0.2, -0.15) is 4.37 Å². The molecule has 0 spiro atoms. The Morgan fingerprint density at radius 3 is 2.79 bits per heavy atom. The van der Waals surface area contributed by atoms with E-state index in [0.29, 0.717) is 18.4 Å². The van der Waals surface area contributed by atoms with Gasteiger partial charge in [0.15, 0.2) is 0 Å². The summed E-state index contributed by atoms with van der Waals surface area (Å²) in [4.78, 5) is 17.2. The SMILES string of the molecule is C=C1[C@H](CNC(=O)/C=C/c2cccc(C)c2)[C@H]1CN1CCN(c2nsc3ccccc23)CC1. The maximum absolute atomic E-state index is 12.2. The molecule has 1 amide bonds. The second-order valence-electron chi connectivity index (χ2n) is 9.07. The molecule has 33 heavy (non-hydrogen) atoms. The third-order valence-corrected chi connectivity index (χ3v) is 7.60. The molecule has 5 nitrogen and oxygen atoms in total. The quantitative estimate of drug-likeness (QED) is 0.422. The number of fused-ring (bicyclic) bond motifs is 1. The minimum absolute atomic E-state index is 0.0425. The Labute approximate surface area is 199 Å². The van der Waals surface area contributed by atoms with Crippen LogP contribution in [-0.2, 0) is 4.79 Å². The van der Waals surface area contributed by atoms with E-state index in [-0.39, 0.29) is 5.91 Å². The minimum Gasteiger partial charge on any atom is -0.353 e. The van der Waals surface area contributed by atoms with Gasteiger partial charge in [0.25, 0.3) is 0 Å². The topological polar surface area (TPSA) is 48.5 Å². The molecule has 1 aliphatic carbocycles. The van der Waals surface area contributed by atoms with Crippen molar-refractivity contribution in [3.63, 3.8) is 0 Å². The molecule has 5 rings (SSSR count). The summed E-state index contributed by atoms with van der Waals surface area (Å²) < 4.78 is 5.96. The molecule has 1 saturated carbocycles. The van der Waals surface area contributed by atoms with E-state index in [4.69, 9.17) is 4.37 Å². The van der Waals surface area contributed by atoms with E-state index in [2.05, 4.69) is 65.0 Å². The summed E-state index contributed by atoms with van der Waals surface area (Å²) in [5.74, 6) is 1.96. The van der Waals surface area contributed by atoms with Crippen LogP contribution in [-0.4, -0.2) is 54.4 Å². The molecule has 0 unspecified atom stereocenters. The molecule has 2 aromatic carbocycles. The van der Waals surface area contributed by atoms with Gasteiger partial charge in [0.2, 0.25) is 5.91 Å². The smallest absolute Gasteiger partial charge is 0.244 e. The first-order valence-corrected chi connectivity index (χ1v) is 12.4. The highest BCUT2D eigenvalue weighted by molar-refractivity contribution is 7.13. The zero-order valence-electron chi connectivity index (χ0n) is 19.0. The van der Waals surface area contributed by atoms with Gasteiger partial charge in [0.1, 0.15) is 5.82 Å². The number of piperazine rings is 1. The Balaban J connectivity index is 1.06. The number of hydrogen-bond acceptors (Lipinski definition) is 5. The predicted octanol–water partition coefficient (Wildman–Crippen LogP) is 4.36. The van der Waals surface area contributed by atoms with Gasteiger partial charge in [0.05, 0.1) is 4.70 Å². The van der Waals surface area contributed by atoms with Crippen molar-refractivity contribution in [1.82, 2.24) is 14.6 Å². The second kappa shape index (κ2) is 9.49. The molecule has 6 heteroatoms. The van der Waals surface area contributed by atoms with Gasteiger partial charge < -0.3 is 10.2 Å². The fraction of sp³-hybridized carbons (Fsp3) is 0.333. The normalized spacial score (nSPS) is 21.1. The first-order chi connectivity index (χ1) is 16.1. The summed E-state index contributed by atoms with van der Waals surface area (Å²) in [5, 5.41) is 4.31. The zero-order valence-corrected chi connectivity index (χ0v) is 19.9. The molecule has 1 saturated heterocycles. The molecule has 1 aliphatic heterocycles. The van der Waals surface area contributed by atoms with Crippen molar-refractivity contribution in [2.24, 2.45) is 11.8 Å². The van der Waals surface area contributed by atoms with Crippen molar-refractivity contribution in [2.45, 2.75) is 6.92 Å². The second-order valence-corrected chi connectivity index (χ2v) is 9.88. The highest BCUT2D eigenvalue weighted by atomic mass is 32.1. The van der Waals surface area contributed by atoms with Crippen LogP contribution in [0.25, 0.3) is 16.2 Å². The van der Waals surface area contributed by atoms with Crippen molar-refractivity contribution >= 4 is 39.4 Å².